The van der Waals surface area contributed by atoms with Crippen molar-refractivity contribution in [3.05, 3.63) is 32.6 Å². The van der Waals surface area contributed by atoms with Crippen molar-refractivity contribution in [3.8, 4) is 6.07 Å². The topological polar surface area (TPSA) is 87.9 Å². The molecular formula is C10H13N3O3. The molecule has 0 aliphatic rings. The van der Waals surface area contributed by atoms with Crippen LogP contribution >= 0.6 is 0 Å². The van der Waals surface area contributed by atoms with Crippen molar-refractivity contribution in [2.45, 2.75) is 26.0 Å². The third kappa shape index (κ3) is 2.58. The molecule has 0 saturated carbocycles. The number of hydrogen-bond donors (Lipinski definition) is 1. The van der Waals surface area contributed by atoms with Crippen molar-refractivity contribution in [1.82, 2.24) is 9.55 Å². The number of H-pyrrole nitrogens is 1. The van der Waals surface area contributed by atoms with Gasteiger partial charge >= 0.3 is 5.69 Å². The maximum atomic E-state index is 11.4. The van der Waals surface area contributed by atoms with Crippen molar-refractivity contribution in [3.63, 3.8) is 0 Å². The fourth-order valence-corrected chi connectivity index (χ4v) is 1.18. The van der Waals surface area contributed by atoms with E-state index in [1.165, 1.54) is 17.9 Å². The molecule has 0 saturated heterocycles. The average molecular weight is 223 g/mol. The summed E-state index contributed by atoms with van der Waals surface area (Å²) in [6.45, 7) is 3.86. The lowest BCUT2D eigenvalue weighted by Gasteiger charge is -2.23. The predicted molar refractivity (Wildman–Crippen MR) is 57.1 cm³/mol. The van der Waals surface area contributed by atoms with Gasteiger partial charge in [0.15, 0.2) is 0 Å². The Hall–Kier alpha value is -1.87. The first kappa shape index (κ1) is 12.2. The van der Waals surface area contributed by atoms with E-state index in [1.54, 1.807) is 19.9 Å². The Kier molecular flexibility index (Phi) is 3.30. The first-order valence-electron chi connectivity index (χ1n) is 4.68. The lowest BCUT2D eigenvalue weighted by atomic mass is 10.1. The van der Waals surface area contributed by atoms with Crippen molar-refractivity contribution < 1.29 is 4.74 Å². The molecule has 0 bridgehead atoms. The molecule has 0 fully saturated rings. The Balaban J connectivity index is 3.22. The van der Waals surface area contributed by atoms with Crippen molar-refractivity contribution >= 4 is 0 Å². The number of nitriles is 1. The zero-order valence-electron chi connectivity index (χ0n) is 9.40. The summed E-state index contributed by atoms with van der Waals surface area (Å²) in [5.41, 5.74) is -1.85. The largest absolute Gasteiger partial charge is 0.377 e. The number of nitrogens with zero attached hydrogens (tertiary/aromatic N) is 2. The maximum Gasteiger partial charge on any atom is 0.328 e. The van der Waals surface area contributed by atoms with Gasteiger partial charge in [0, 0.05) is 13.3 Å². The lowest BCUT2D eigenvalue weighted by Crippen LogP contribution is -2.38. The number of nitrogens with one attached hydrogen (secondary N) is 1. The third-order valence-corrected chi connectivity index (χ3v) is 2.24. The van der Waals surface area contributed by atoms with E-state index in [1.807, 2.05) is 0 Å². The Morgan fingerprint density at radius 1 is 1.56 bits per heavy atom. The molecule has 1 rings (SSSR count). The molecule has 1 aromatic heterocycles. The van der Waals surface area contributed by atoms with Crippen LogP contribution in [0.15, 0.2) is 15.8 Å². The number of hydrogen-bond acceptors (Lipinski definition) is 4. The average Bonchev–Trinajstić information content (AvgIpc) is 2.22. The van der Waals surface area contributed by atoms with E-state index in [4.69, 9.17) is 10.00 Å². The van der Waals surface area contributed by atoms with Crippen LogP contribution in [-0.4, -0.2) is 22.3 Å². The van der Waals surface area contributed by atoms with Gasteiger partial charge in [-0.05, 0) is 13.8 Å². The normalized spacial score (nSPS) is 11.1. The Bertz CT molecular complexity index is 533. The summed E-state index contributed by atoms with van der Waals surface area (Å²) in [4.78, 5) is 24.7. The Morgan fingerprint density at radius 3 is 2.69 bits per heavy atom. The molecule has 0 atom stereocenters. The Morgan fingerprint density at radius 2 is 2.19 bits per heavy atom. The molecular weight excluding hydrogens is 210 g/mol. The van der Waals surface area contributed by atoms with Crippen LogP contribution in [0, 0.1) is 11.3 Å². The van der Waals surface area contributed by atoms with Gasteiger partial charge in [0.05, 0.1) is 12.1 Å². The van der Waals surface area contributed by atoms with Gasteiger partial charge in [-0.25, -0.2) is 4.79 Å². The van der Waals surface area contributed by atoms with Crippen LogP contribution in [0.5, 0.6) is 0 Å². The van der Waals surface area contributed by atoms with E-state index >= 15 is 0 Å². The summed E-state index contributed by atoms with van der Waals surface area (Å²) >= 11 is 0. The fraction of sp³-hybridized carbons (Fsp3) is 0.500. The molecule has 1 aromatic rings. The molecule has 0 unspecified atom stereocenters. The molecule has 0 radical (unpaired) electrons. The Labute approximate surface area is 92.1 Å². The van der Waals surface area contributed by atoms with E-state index in [0.717, 1.165) is 0 Å². The zero-order valence-corrected chi connectivity index (χ0v) is 9.40. The van der Waals surface area contributed by atoms with Crippen LogP contribution in [-0.2, 0) is 11.3 Å². The minimum absolute atomic E-state index is 0.0912. The number of methoxy groups -OCH3 is 1. The highest BCUT2D eigenvalue weighted by Gasteiger charge is 2.18. The van der Waals surface area contributed by atoms with Crippen LogP contribution in [0.2, 0.25) is 0 Å². The van der Waals surface area contributed by atoms with E-state index in [0.29, 0.717) is 0 Å². The molecule has 0 aromatic carbocycles. The van der Waals surface area contributed by atoms with Gasteiger partial charge in [0.1, 0.15) is 11.6 Å². The second-order valence-corrected chi connectivity index (χ2v) is 4.01. The predicted octanol–water partition coefficient (Wildman–Crippen LogP) is -0.167. The summed E-state index contributed by atoms with van der Waals surface area (Å²) in [7, 11) is 1.53. The highest BCUT2D eigenvalue weighted by molar-refractivity contribution is 5.21. The van der Waals surface area contributed by atoms with Crippen molar-refractivity contribution in [2.24, 2.45) is 0 Å². The van der Waals surface area contributed by atoms with Gasteiger partial charge in [-0.15, -0.1) is 0 Å². The van der Waals surface area contributed by atoms with Crippen LogP contribution < -0.4 is 11.2 Å². The SMILES string of the molecule is COC(C)(C)Cn1cc(C#N)c(=O)[nH]c1=O. The second kappa shape index (κ2) is 4.33. The summed E-state index contributed by atoms with van der Waals surface area (Å²) in [5.74, 6) is 0. The molecule has 0 aliphatic carbocycles. The highest BCUT2D eigenvalue weighted by Crippen LogP contribution is 2.09. The molecule has 0 amide bonds. The van der Waals surface area contributed by atoms with Gasteiger partial charge in [0.2, 0.25) is 0 Å². The van der Waals surface area contributed by atoms with E-state index in [2.05, 4.69) is 4.98 Å². The first-order chi connectivity index (χ1) is 7.39. The monoisotopic (exact) mass is 223 g/mol. The molecule has 0 aliphatic heterocycles. The minimum atomic E-state index is -0.668. The summed E-state index contributed by atoms with van der Waals surface area (Å²) in [6.07, 6.45) is 1.24. The van der Waals surface area contributed by atoms with Gasteiger partial charge in [-0.2, -0.15) is 5.26 Å². The number of aromatic amines is 1. The van der Waals surface area contributed by atoms with Gasteiger partial charge in [-0.3, -0.25) is 14.3 Å². The van der Waals surface area contributed by atoms with Crippen LogP contribution in [0.4, 0.5) is 0 Å². The van der Waals surface area contributed by atoms with Gasteiger partial charge in [0.25, 0.3) is 5.56 Å². The number of ether oxygens (including phenoxy) is 1. The summed E-state index contributed by atoms with van der Waals surface area (Å²) < 4.78 is 6.42. The third-order valence-electron chi connectivity index (χ3n) is 2.24. The molecule has 6 heteroatoms. The second-order valence-electron chi connectivity index (χ2n) is 4.01. The summed E-state index contributed by atoms with van der Waals surface area (Å²) in [5, 5.41) is 8.67. The van der Waals surface area contributed by atoms with Crippen LogP contribution in [0.1, 0.15) is 19.4 Å². The van der Waals surface area contributed by atoms with Crippen molar-refractivity contribution in [1.29, 1.82) is 5.26 Å². The van der Waals surface area contributed by atoms with Crippen molar-refractivity contribution in [2.75, 3.05) is 7.11 Å². The maximum absolute atomic E-state index is 11.4. The van der Waals surface area contributed by atoms with Crippen LogP contribution in [0.3, 0.4) is 0 Å². The molecule has 0 spiro atoms. The van der Waals surface area contributed by atoms with E-state index in [9.17, 15) is 9.59 Å². The number of aromatic nitrogens is 2. The van der Waals surface area contributed by atoms with E-state index < -0.39 is 16.9 Å². The minimum Gasteiger partial charge on any atom is -0.377 e. The van der Waals surface area contributed by atoms with Gasteiger partial charge in [-0.1, -0.05) is 0 Å². The first-order valence-corrected chi connectivity index (χ1v) is 4.68. The van der Waals surface area contributed by atoms with E-state index in [-0.39, 0.29) is 12.1 Å². The zero-order chi connectivity index (χ0) is 12.3. The van der Waals surface area contributed by atoms with Gasteiger partial charge < -0.3 is 4.74 Å². The molecule has 86 valence electrons. The molecule has 16 heavy (non-hydrogen) atoms. The molecule has 6 nitrogen and oxygen atoms in total. The molecule has 1 heterocycles. The molecule has 1 N–H and O–H groups in total. The lowest BCUT2D eigenvalue weighted by molar-refractivity contribution is 0.00704. The van der Waals surface area contributed by atoms with Crippen LogP contribution in [0.25, 0.3) is 0 Å². The quantitative estimate of drug-likeness (QED) is 0.770. The smallest absolute Gasteiger partial charge is 0.328 e. The fourth-order valence-electron chi connectivity index (χ4n) is 1.18. The number of rotatable bonds is 3. The summed E-state index contributed by atoms with van der Waals surface area (Å²) in [6, 6.07) is 1.72. The standard InChI is InChI=1S/C10H13N3O3/c1-10(2,16-3)6-13-5-7(4-11)8(14)12-9(13)15/h5H,6H2,1-3H3,(H,12,14,15). The highest BCUT2D eigenvalue weighted by atomic mass is 16.5.